The number of ether oxygens (including phenoxy) is 1. The number of carbonyl (C=O) groups is 2. The Hall–Kier alpha value is -2.43. The zero-order valence-corrected chi connectivity index (χ0v) is 13.2. The lowest BCUT2D eigenvalue weighted by molar-refractivity contribution is -0.192. The van der Waals surface area contributed by atoms with E-state index in [0.717, 1.165) is 13.1 Å². The van der Waals surface area contributed by atoms with Gasteiger partial charge in [0.15, 0.2) is 0 Å². The summed E-state index contributed by atoms with van der Waals surface area (Å²) in [4.78, 5) is 28.6. The minimum absolute atomic E-state index is 0.358. The van der Waals surface area contributed by atoms with Crippen molar-refractivity contribution in [2.75, 3.05) is 25.0 Å². The summed E-state index contributed by atoms with van der Waals surface area (Å²) in [6, 6.07) is 0.486. The molecule has 1 aromatic heterocycles. The smallest absolute Gasteiger partial charge is 0.475 e. The van der Waals surface area contributed by atoms with E-state index in [1.54, 1.807) is 6.92 Å². The molecule has 8 nitrogen and oxygen atoms in total. The third-order valence-electron chi connectivity index (χ3n) is 3.79. The van der Waals surface area contributed by atoms with Crippen LogP contribution in [0.5, 0.6) is 0 Å². The van der Waals surface area contributed by atoms with Crippen LogP contribution in [0.25, 0.3) is 0 Å². The van der Waals surface area contributed by atoms with E-state index in [0.29, 0.717) is 36.0 Å². The number of nitrogens with one attached hydrogen (secondary N) is 2. The lowest BCUT2D eigenvalue weighted by atomic mass is 10.3. The van der Waals surface area contributed by atoms with Gasteiger partial charge in [-0.1, -0.05) is 0 Å². The lowest BCUT2D eigenvalue weighted by Gasteiger charge is -2.07. The number of aliphatic carboxylic acids is 1. The van der Waals surface area contributed by atoms with E-state index in [-0.39, 0.29) is 5.97 Å². The van der Waals surface area contributed by atoms with Crippen molar-refractivity contribution in [2.24, 2.45) is 11.8 Å². The van der Waals surface area contributed by atoms with Gasteiger partial charge in [0.05, 0.1) is 12.2 Å². The van der Waals surface area contributed by atoms with Crippen molar-refractivity contribution in [3.8, 4) is 0 Å². The molecule has 1 aliphatic carbocycles. The first-order valence-corrected chi connectivity index (χ1v) is 7.50. The largest absolute Gasteiger partial charge is 0.490 e. The maximum Gasteiger partial charge on any atom is 0.490 e. The average Bonchev–Trinajstić information content (AvgIpc) is 2.96. The Morgan fingerprint density at radius 2 is 1.84 bits per heavy atom. The predicted octanol–water partition coefficient (Wildman–Crippen LogP) is 0.916. The Labute approximate surface area is 140 Å². The highest BCUT2D eigenvalue weighted by molar-refractivity contribution is 5.88. The summed E-state index contributed by atoms with van der Waals surface area (Å²) in [6.07, 6.45) is -2.08. The van der Waals surface area contributed by atoms with Crippen molar-refractivity contribution in [1.82, 2.24) is 15.3 Å². The van der Waals surface area contributed by atoms with Gasteiger partial charge in [0, 0.05) is 31.5 Å². The quantitative estimate of drug-likeness (QED) is 0.678. The second kappa shape index (κ2) is 7.64. The minimum atomic E-state index is -5.08. The average molecular weight is 362 g/mol. The number of anilines is 1. The highest BCUT2D eigenvalue weighted by atomic mass is 19.4. The van der Waals surface area contributed by atoms with Gasteiger partial charge >= 0.3 is 18.1 Å². The van der Waals surface area contributed by atoms with Crippen molar-refractivity contribution in [2.45, 2.75) is 19.1 Å². The highest BCUT2D eigenvalue weighted by Crippen LogP contribution is 2.43. The van der Waals surface area contributed by atoms with Crippen LogP contribution in [0.3, 0.4) is 0 Å². The zero-order valence-electron chi connectivity index (χ0n) is 13.2. The van der Waals surface area contributed by atoms with Crippen molar-refractivity contribution in [3.63, 3.8) is 0 Å². The molecule has 1 saturated carbocycles. The van der Waals surface area contributed by atoms with Crippen LogP contribution >= 0.6 is 0 Å². The van der Waals surface area contributed by atoms with E-state index >= 15 is 0 Å². The lowest BCUT2D eigenvalue weighted by Crippen LogP contribution is -2.22. The van der Waals surface area contributed by atoms with Crippen LogP contribution in [-0.2, 0) is 9.53 Å². The number of carboxylic acid groups (broad SMARTS) is 1. The summed E-state index contributed by atoms with van der Waals surface area (Å²) >= 11 is 0. The molecule has 0 aromatic carbocycles. The van der Waals surface area contributed by atoms with Crippen molar-refractivity contribution < 1.29 is 32.6 Å². The van der Waals surface area contributed by atoms with Gasteiger partial charge < -0.3 is 20.5 Å². The van der Waals surface area contributed by atoms with Crippen molar-refractivity contribution in [3.05, 3.63) is 18.0 Å². The molecule has 1 aromatic rings. The van der Waals surface area contributed by atoms with Gasteiger partial charge in [0.2, 0.25) is 5.95 Å². The molecule has 25 heavy (non-hydrogen) atoms. The van der Waals surface area contributed by atoms with Crippen LogP contribution in [0.15, 0.2) is 12.4 Å². The molecule has 0 radical (unpaired) electrons. The molecule has 3 rings (SSSR count). The van der Waals surface area contributed by atoms with E-state index in [4.69, 9.17) is 14.6 Å². The van der Waals surface area contributed by atoms with E-state index in [2.05, 4.69) is 20.6 Å². The van der Waals surface area contributed by atoms with Gasteiger partial charge in [-0.05, 0) is 18.8 Å². The first kappa shape index (κ1) is 18.9. The van der Waals surface area contributed by atoms with E-state index < -0.39 is 12.1 Å². The number of nitrogens with zero attached hydrogens (tertiary/aromatic N) is 2. The summed E-state index contributed by atoms with van der Waals surface area (Å²) < 4.78 is 36.6. The Morgan fingerprint density at radius 3 is 2.28 bits per heavy atom. The molecule has 1 aliphatic heterocycles. The molecule has 11 heteroatoms. The van der Waals surface area contributed by atoms with Gasteiger partial charge in [-0.25, -0.2) is 19.6 Å². The number of carbonyl (C=O) groups excluding carboxylic acids is 1. The van der Waals surface area contributed by atoms with Gasteiger partial charge in [0.1, 0.15) is 0 Å². The van der Waals surface area contributed by atoms with Crippen LogP contribution in [0.1, 0.15) is 17.3 Å². The SMILES string of the molecule is CCOC(=O)c1cnc(NC2C3CNCC32)nc1.O=C(O)C(F)(F)F. The first-order valence-electron chi connectivity index (χ1n) is 7.50. The number of fused-ring (bicyclic) bond motifs is 1. The zero-order chi connectivity index (χ0) is 18.6. The number of aromatic nitrogens is 2. The summed E-state index contributed by atoms with van der Waals surface area (Å²) in [5, 5.41) is 13.8. The second-order valence-corrected chi connectivity index (χ2v) is 5.47. The van der Waals surface area contributed by atoms with E-state index in [1.165, 1.54) is 12.4 Å². The molecule has 2 atom stereocenters. The fourth-order valence-electron chi connectivity index (χ4n) is 2.50. The van der Waals surface area contributed by atoms with Crippen LogP contribution in [0.2, 0.25) is 0 Å². The maximum absolute atomic E-state index is 11.4. The second-order valence-electron chi connectivity index (χ2n) is 5.47. The van der Waals surface area contributed by atoms with Gasteiger partial charge in [-0.2, -0.15) is 13.2 Å². The Bertz CT molecular complexity index is 613. The maximum atomic E-state index is 11.4. The van der Waals surface area contributed by atoms with E-state index in [1.807, 2.05) is 0 Å². The Morgan fingerprint density at radius 1 is 1.32 bits per heavy atom. The monoisotopic (exact) mass is 362 g/mol. The Kier molecular flexibility index (Phi) is 5.77. The molecule has 0 amide bonds. The summed E-state index contributed by atoms with van der Waals surface area (Å²) in [5.74, 6) is -1.14. The summed E-state index contributed by atoms with van der Waals surface area (Å²) in [6.45, 7) is 4.28. The molecule has 2 unspecified atom stereocenters. The number of alkyl halides is 3. The molecule has 138 valence electrons. The van der Waals surface area contributed by atoms with Crippen LogP contribution in [0.4, 0.5) is 19.1 Å². The normalized spacial score (nSPS) is 23.8. The predicted molar refractivity (Wildman–Crippen MR) is 78.9 cm³/mol. The van der Waals surface area contributed by atoms with Crippen molar-refractivity contribution in [1.29, 1.82) is 0 Å². The van der Waals surface area contributed by atoms with Gasteiger partial charge in [-0.3, -0.25) is 0 Å². The number of hydrogen-bond acceptors (Lipinski definition) is 7. The number of hydrogen-bond donors (Lipinski definition) is 3. The minimum Gasteiger partial charge on any atom is -0.475 e. The third kappa shape index (κ3) is 5.02. The molecule has 2 fully saturated rings. The number of rotatable bonds is 4. The van der Waals surface area contributed by atoms with Gasteiger partial charge in [-0.15, -0.1) is 0 Å². The number of piperidine rings is 1. The summed E-state index contributed by atoms with van der Waals surface area (Å²) in [7, 11) is 0. The standard InChI is InChI=1S/C12H16N4O2.C2HF3O2/c1-2-18-11(17)7-3-14-12(15-4-7)16-10-8-5-13-6-9(8)10;3-2(4,5)1(6)7/h3-4,8-10,13H,2,5-6H2,1H3,(H,14,15,16);(H,6,7). The fourth-order valence-corrected chi connectivity index (χ4v) is 2.50. The molecule has 0 bridgehead atoms. The van der Waals surface area contributed by atoms with Crippen LogP contribution < -0.4 is 10.6 Å². The summed E-state index contributed by atoms with van der Waals surface area (Å²) in [5.41, 5.74) is 0.389. The molecular weight excluding hydrogens is 345 g/mol. The molecule has 2 heterocycles. The molecule has 3 N–H and O–H groups in total. The molecule has 1 saturated heterocycles. The van der Waals surface area contributed by atoms with Crippen LogP contribution in [0, 0.1) is 11.8 Å². The number of carboxylic acids is 1. The van der Waals surface area contributed by atoms with Crippen LogP contribution in [-0.4, -0.2) is 58.9 Å². The topological polar surface area (TPSA) is 113 Å². The Balaban J connectivity index is 0.000000277. The highest BCUT2D eigenvalue weighted by Gasteiger charge is 2.53. The first-order chi connectivity index (χ1) is 11.7. The van der Waals surface area contributed by atoms with Gasteiger partial charge in [0.25, 0.3) is 0 Å². The molecular formula is C14H17F3N4O4. The molecule has 0 spiro atoms. The van der Waals surface area contributed by atoms with E-state index in [9.17, 15) is 18.0 Å². The fraction of sp³-hybridized carbons (Fsp3) is 0.571. The number of esters is 1. The third-order valence-corrected chi connectivity index (χ3v) is 3.79. The number of halogens is 3. The molecule has 2 aliphatic rings. The van der Waals surface area contributed by atoms with Crippen molar-refractivity contribution >= 4 is 17.9 Å².